The monoisotopic (exact) mass is 366 g/mol. The number of nitrogens with zero attached hydrogens (tertiary/aromatic N) is 4. The van der Waals surface area contributed by atoms with E-state index < -0.39 is 0 Å². The molecular formula is C22H30N4O. The van der Waals surface area contributed by atoms with Gasteiger partial charge in [0.2, 0.25) is 5.91 Å². The number of carbonyl (C=O) groups is 1. The molecule has 1 fully saturated rings. The van der Waals surface area contributed by atoms with Crippen molar-refractivity contribution in [1.82, 2.24) is 19.7 Å². The highest BCUT2D eigenvalue weighted by Gasteiger charge is 2.29. The summed E-state index contributed by atoms with van der Waals surface area (Å²) in [5, 5.41) is 0. The second-order valence-electron chi connectivity index (χ2n) is 7.56. The molecule has 1 saturated heterocycles. The van der Waals surface area contributed by atoms with Crippen LogP contribution in [-0.2, 0) is 11.3 Å². The molecule has 144 valence electrons. The lowest BCUT2D eigenvalue weighted by Crippen LogP contribution is -2.42. The molecule has 1 aliphatic rings. The summed E-state index contributed by atoms with van der Waals surface area (Å²) in [6, 6.07) is 14.1. The molecule has 0 spiro atoms. The van der Waals surface area contributed by atoms with Crippen LogP contribution in [0.5, 0.6) is 0 Å². The van der Waals surface area contributed by atoms with Crippen molar-refractivity contribution in [2.24, 2.45) is 0 Å². The van der Waals surface area contributed by atoms with Crippen LogP contribution in [0.2, 0.25) is 0 Å². The van der Waals surface area contributed by atoms with E-state index in [-0.39, 0.29) is 11.9 Å². The number of aryl methyl sites for hydroxylation is 1. The summed E-state index contributed by atoms with van der Waals surface area (Å²) in [5.41, 5.74) is 3.34. The van der Waals surface area contributed by atoms with Gasteiger partial charge in [0.15, 0.2) is 0 Å². The summed E-state index contributed by atoms with van der Waals surface area (Å²) >= 11 is 0. The van der Waals surface area contributed by atoms with Gasteiger partial charge in [-0.05, 0) is 45.1 Å². The number of pyridine rings is 1. The second-order valence-corrected chi connectivity index (χ2v) is 7.56. The maximum Gasteiger partial charge on any atom is 0.244 e. The first-order valence-electron chi connectivity index (χ1n) is 9.68. The number of amides is 1. The molecule has 1 aromatic heterocycles. The molecule has 5 heteroatoms. The molecule has 1 atom stereocenters. The van der Waals surface area contributed by atoms with E-state index in [0.29, 0.717) is 0 Å². The van der Waals surface area contributed by atoms with Gasteiger partial charge in [-0.25, -0.2) is 0 Å². The molecule has 1 aromatic carbocycles. The van der Waals surface area contributed by atoms with Crippen molar-refractivity contribution >= 4 is 5.91 Å². The molecule has 1 aliphatic heterocycles. The van der Waals surface area contributed by atoms with Crippen molar-refractivity contribution in [3.63, 3.8) is 0 Å². The lowest BCUT2D eigenvalue weighted by atomic mass is 10.0. The minimum atomic E-state index is -0.229. The highest BCUT2D eigenvalue weighted by Crippen LogP contribution is 2.23. The Morgan fingerprint density at radius 2 is 1.96 bits per heavy atom. The zero-order valence-corrected chi connectivity index (χ0v) is 16.6. The van der Waals surface area contributed by atoms with Crippen LogP contribution in [0, 0.1) is 6.92 Å². The second kappa shape index (κ2) is 9.11. The predicted octanol–water partition coefficient (Wildman–Crippen LogP) is 2.73. The Hall–Kier alpha value is -2.24. The number of aromatic nitrogens is 1. The molecular weight excluding hydrogens is 336 g/mol. The molecule has 0 saturated carbocycles. The van der Waals surface area contributed by atoms with Gasteiger partial charge < -0.3 is 4.90 Å². The van der Waals surface area contributed by atoms with Crippen molar-refractivity contribution in [3.05, 3.63) is 65.5 Å². The molecule has 0 radical (unpaired) electrons. The largest absolute Gasteiger partial charge is 0.340 e. The Labute approximate surface area is 162 Å². The van der Waals surface area contributed by atoms with E-state index in [1.54, 1.807) is 0 Å². The minimum absolute atomic E-state index is 0.199. The quantitative estimate of drug-likeness (QED) is 0.816. The maximum atomic E-state index is 13.3. The van der Waals surface area contributed by atoms with Crippen molar-refractivity contribution in [3.8, 4) is 0 Å². The third-order valence-electron chi connectivity index (χ3n) is 5.12. The van der Waals surface area contributed by atoms with Crippen LogP contribution in [0.1, 0.15) is 29.3 Å². The summed E-state index contributed by atoms with van der Waals surface area (Å²) in [5.74, 6) is 0.199. The molecule has 27 heavy (non-hydrogen) atoms. The van der Waals surface area contributed by atoms with Gasteiger partial charge in [-0.1, -0.05) is 35.9 Å². The number of hydrogen-bond acceptors (Lipinski definition) is 4. The lowest BCUT2D eigenvalue weighted by molar-refractivity contribution is -0.136. The average molecular weight is 367 g/mol. The normalized spacial score (nSPS) is 17.0. The van der Waals surface area contributed by atoms with Crippen molar-refractivity contribution < 1.29 is 4.79 Å². The summed E-state index contributed by atoms with van der Waals surface area (Å²) in [6.45, 7) is 6.38. The van der Waals surface area contributed by atoms with Gasteiger partial charge in [-0.2, -0.15) is 0 Å². The molecule has 2 aromatic rings. The van der Waals surface area contributed by atoms with Crippen LogP contribution in [0.25, 0.3) is 0 Å². The molecule has 0 unspecified atom stereocenters. The number of likely N-dealkylation sites (N-methyl/N-ethyl adjacent to an activating group) is 1. The zero-order valence-electron chi connectivity index (χ0n) is 16.6. The highest BCUT2D eigenvalue weighted by atomic mass is 16.2. The molecule has 0 aliphatic carbocycles. The number of benzene rings is 1. The van der Waals surface area contributed by atoms with Crippen LogP contribution in [0.4, 0.5) is 0 Å². The van der Waals surface area contributed by atoms with Gasteiger partial charge in [0.25, 0.3) is 0 Å². The third kappa shape index (κ3) is 5.15. The molecule has 5 nitrogen and oxygen atoms in total. The Morgan fingerprint density at radius 1 is 1.11 bits per heavy atom. The van der Waals surface area contributed by atoms with Crippen molar-refractivity contribution in [2.45, 2.75) is 25.9 Å². The Kier molecular flexibility index (Phi) is 6.58. The van der Waals surface area contributed by atoms with Gasteiger partial charge in [0, 0.05) is 38.9 Å². The molecule has 2 heterocycles. The molecule has 0 bridgehead atoms. The number of hydrogen-bond donors (Lipinski definition) is 0. The summed E-state index contributed by atoms with van der Waals surface area (Å²) < 4.78 is 0. The highest BCUT2D eigenvalue weighted by molar-refractivity contribution is 5.83. The van der Waals surface area contributed by atoms with E-state index in [9.17, 15) is 4.79 Å². The SMILES string of the molecule is Cc1cccc([C@@H](C(=O)N2CCCN(Cc3ccccn3)CC2)N(C)C)c1. The van der Waals surface area contributed by atoms with Crippen LogP contribution >= 0.6 is 0 Å². The summed E-state index contributed by atoms with van der Waals surface area (Å²) in [7, 11) is 3.96. The Morgan fingerprint density at radius 3 is 2.67 bits per heavy atom. The van der Waals surface area contributed by atoms with Crippen LogP contribution in [-0.4, -0.2) is 65.9 Å². The first kappa shape index (κ1) is 19.5. The van der Waals surface area contributed by atoms with Crippen LogP contribution < -0.4 is 0 Å². The van der Waals surface area contributed by atoms with Crippen LogP contribution in [0.3, 0.4) is 0 Å². The van der Waals surface area contributed by atoms with E-state index in [2.05, 4.69) is 41.1 Å². The van der Waals surface area contributed by atoms with Gasteiger partial charge in [0.1, 0.15) is 6.04 Å². The fourth-order valence-electron chi connectivity index (χ4n) is 3.74. The van der Waals surface area contributed by atoms with E-state index in [0.717, 1.165) is 50.4 Å². The number of carbonyl (C=O) groups excluding carboxylic acids is 1. The van der Waals surface area contributed by atoms with Crippen LogP contribution in [0.15, 0.2) is 48.7 Å². The first-order chi connectivity index (χ1) is 13.0. The molecule has 1 amide bonds. The van der Waals surface area contributed by atoms with E-state index >= 15 is 0 Å². The standard InChI is InChI=1S/C22H30N4O/c1-18-8-6-9-19(16-18)21(24(2)3)22(27)26-13-7-12-25(14-15-26)17-20-10-4-5-11-23-20/h4-6,8-11,16,21H,7,12-15,17H2,1-3H3/t21-/m0/s1. The zero-order chi connectivity index (χ0) is 19.2. The molecule has 3 rings (SSSR count). The van der Waals surface area contributed by atoms with Gasteiger partial charge in [0.05, 0.1) is 5.69 Å². The smallest absolute Gasteiger partial charge is 0.244 e. The van der Waals surface area contributed by atoms with E-state index in [1.807, 2.05) is 48.3 Å². The van der Waals surface area contributed by atoms with Crippen molar-refractivity contribution in [1.29, 1.82) is 0 Å². The van der Waals surface area contributed by atoms with Gasteiger partial charge in [-0.3, -0.25) is 19.6 Å². The fourth-order valence-corrected chi connectivity index (χ4v) is 3.74. The predicted molar refractivity (Wildman–Crippen MR) is 108 cm³/mol. The topological polar surface area (TPSA) is 39.7 Å². The fraction of sp³-hybridized carbons (Fsp3) is 0.455. The third-order valence-corrected chi connectivity index (χ3v) is 5.12. The number of rotatable bonds is 5. The van der Waals surface area contributed by atoms with Gasteiger partial charge >= 0.3 is 0 Å². The summed E-state index contributed by atoms with van der Waals surface area (Å²) in [6.07, 6.45) is 2.83. The summed E-state index contributed by atoms with van der Waals surface area (Å²) in [4.78, 5) is 24.2. The lowest BCUT2D eigenvalue weighted by Gasteiger charge is -2.30. The Bertz CT molecular complexity index is 747. The molecule has 0 N–H and O–H groups in total. The van der Waals surface area contributed by atoms with E-state index in [4.69, 9.17) is 0 Å². The average Bonchev–Trinajstić information content (AvgIpc) is 2.88. The Balaban J connectivity index is 1.67. The minimum Gasteiger partial charge on any atom is -0.340 e. The van der Waals surface area contributed by atoms with Crippen molar-refractivity contribution in [2.75, 3.05) is 40.3 Å². The van der Waals surface area contributed by atoms with Gasteiger partial charge in [-0.15, -0.1) is 0 Å². The maximum absolute atomic E-state index is 13.3. The first-order valence-corrected chi connectivity index (χ1v) is 9.68. The van der Waals surface area contributed by atoms with E-state index in [1.165, 1.54) is 5.56 Å².